The molecule has 3 unspecified atom stereocenters. The molecule has 0 aliphatic heterocycles. The van der Waals surface area contributed by atoms with Gasteiger partial charge in [-0.15, -0.1) is 0 Å². The number of hydrogen-bond donors (Lipinski definition) is 6. The van der Waals surface area contributed by atoms with Crippen molar-refractivity contribution in [2.45, 2.75) is 64.3 Å². The molecular formula is C29H40N6O6. The molecule has 2 aromatic carbocycles. The van der Waals surface area contributed by atoms with Crippen LogP contribution in [0.2, 0.25) is 0 Å². The van der Waals surface area contributed by atoms with Gasteiger partial charge in [0.15, 0.2) is 5.96 Å². The highest BCUT2D eigenvalue weighted by atomic mass is 16.5. The smallest absolute Gasteiger partial charge is 0.408 e. The zero-order valence-electron chi connectivity index (χ0n) is 23.4. The Balaban J connectivity index is 2.19. The van der Waals surface area contributed by atoms with Crippen molar-refractivity contribution in [1.82, 2.24) is 16.0 Å². The van der Waals surface area contributed by atoms with Crippen molar-refractivity contribution in [1.29, 1.82) is 0 Å². The lowest BCUT2D eigenvalue weighted by atomic mass is 10.0. The number of aliphatic imine (C=N–C) groups is 1. The number of carboxylic acid groups (broad SMARTS) is 1. The average Bonchev–Trinajstić information content (AvgIpc) is 2.93. The normalized spacial score (nSPS) is 12.9. The Morgan fingerprint density at radius 2 is 1.39 bits per heavy atom. The topological polar surface area (TPSA) is 198 Å². The molecule has 0 aliphatic rings. The number of nitrogens with two attached hydrogens (primary N) is 2. The van der Waals surface area contributed by atoms with Gasteiger partial charge in [-0.2, -0.15) is 0 Å². The Kier molecular flexibility index (Phi) is 13.6. The fourth-order valence-corrected chi connectivity index (χ4v) is 3.98. The molecule has 0 spiro atoms. The van der Waals surface area contributed by atoms with Crippen LogP contribution in [0.3, 0.4) is 0 Å². The Hall–Kier alpha value is -4.61. The summed E-state index contributed by atoms with van der Waals surface area (Å²) in [4.78, 5) is 54.9. The largest absolute Gasteiger partial charge is 0.480 e. The molecule has 0 bridgehead atoms. The first-order valence-corrected chi connectivity index (χ1v) is 13.4. The molecule has 12 heteroatoms. The maximum Gasteiger partial charge on any atom is 0.408 e. The number of hydrogen-bond acceptors (Lipinski definition) is 6. The van der Waals surface area contributed by atoms with Gasteiger partial charge in [0.1, 0.15) is 24.7 Å². The van der Waals surface area contributed by atoms with E-state index in [1.54, 1.807) is 36.4 Å². The van der Waals surface area contributed by atoms with Crippen molar-refractivity contribution in [3.05, 3.63) is 71.8 Å². The van der Waals surface area contributed by atoms with Crippen LogP contribution in [0.15, 0.2) is 65.7 Å². The number of carboxylic acids is 1. The summed E-state index contributed by atoms with van der Waals surface area (Å²) in [5.41, 5.74) is 12.3. The zero-order chi connectivity index (χ0) is 30.2. The Morgan fingerprint density at radius 1 is 0.829 bits per heavy atom. The minimum Gasteiger partial charge on any atom is -0.480 e. The summed E-state index contributed by atoms with van der Waals surface area (Å²) < 4.78 is 5.28. The van der Waals surface area contributed by atoms with E-state index in [4.69, 9.17) is 16.2 Å². The van der Waals surface area contributed by atoms with E-state index in [-0.39, 0.29) is 44.3 Å². The van der Waals surface area contributed by atoms with Gasteiger partial charge in [-0.25, -0.2) is 9.59 Å². The van der Waals surface area contributed by atoms with Gasteiger partial charge in [0.25, 0.3) is 0 Å². The van der Waals surface area contributed by atoms with Crippen LogP contribution in [0.4, 0.5) is 4.79 Å². The number of aliphatic carboxylic acids is 1. The molecule has 222 valence electrons. The van der Waals surface area contributed by atoms with Gasteiger partial charge >= 0.3 is 12.1 Å². The van der Waals surface area contributed by atoms with Crippen LogP contribution in [-0.4, -0.2) is 59.6 Å². The summed E-state index contributed by atoms with van der Waals surface area (Å²) in [6.45, 7) is 3.92. The van der Waals surface area contributed by atoms with Crippen LogP contribution in [0.1, 0.15) is 44.2 Å². The lowest BCUT2D eigenvalue weighted by Crippen LogP contribution is -2.56. The van der Waals surface area contributed by atoms with E-state index in [0.717, 1.165) is 11.1 Å². The molecular weight excluding hydrogens is 528 g/mol. The molecule has 3 amide bonds. The van der Waals surface area contributed by atoms with E-state index < -0.39 is 42.0 Å². The number of benzene rings is 2. The molecule has 2 rings (SSSR count). The first-order chi connectivity index (χ1) is 19.5. The zero-order valence-corrected chi connectivity index (χ0v) is 23.4. The quantitative estimate of drug-likeness (QED) is 0.0998. The summed E-state index contributed by atoms with van der Waals surface area (Å²) >= 11 is 0. The van der Waals surface area contributed by atoms with Gasteiger partial charge < -0.3 is 37.3 Å². The lowest BCUT2D eigenvalue weighted by molar-refractivity contribution is -0.142. The summed E-state index contributed by atoms with van der Waals surface area (Å²) in [6, 6.07) is 14.7. The maximum atomic E-state index is 13.4. The molecule has 8 N–H and O–H groups in total. The fourth-order valence-electron chi connectivity index (χ4n) is 3.98. The van der Waals surface area contributed by atoms with Crippen LogP contribution < -0.4 is 27.4 Å². The van der Waals surface area contributed by atoms with Crippen molar-refractivity contribution in [2.75, 3.05) is 6.54 Å². The highest BCUT2D eigenvalue weighted by molar-refractivity contribution is 5.93. The number of alkyl carbamates (subject to hydrolysis) is 1. The van der Waals surface area contributed by atoms with Crippen molar-refractivity contribution < 1.29 is 29.0 Å². The summed E-state index contributed by atoms with van der Waals surface area (Å²) in [7, 11) is 0. The molecule has 0 heterocycles. The molecule has 0 saturated heterocycles. The van der Waals surface area contributed by atoms with E-state index in [1.165, 1.54) is 0 Å². The Labute approximate surface area is 239 Å². The van der Waals surface area contributed by atoms with Gasteiger partial charge in [0, 0.05) is 13.0 Å². The Morgan fingerprint density at radius 3 is 1.95 bits per heavy atom. The van der Waals surface area contributed by atoms with Crippen molar-refractivity contribution in [2.24, 2.45) is 22.4 Å². The summed E-state index contributed by atoms with van der Waals surface area (Å²) in [6.07, 6.45) is -0.00267. The predicted molar refractivity (Wildman–Crippen MR) is 155 cm³/mol. The number of ether oxygens (including phenoxy) is 1. The van der Waals surface area contributed by atoms with Crippen LogP contribution in [-0.2, 0) is 32.1 Å². The second-order valence-corrected chi connectivity index (χ2v) is 9.99. The van der Waals surface area contributed by atoms with E-state index in [1.807, 2.05) is 38.1 Å². The maximum absolute atomic E-state index is 13.4. The molecule has 0 aliphatic carbocycles. The minimum absolute atomic E-state index is 0.000475. The van der Waals surface area contributed by atoms with Gasteiger partial charge in [0.05, 0.1) is 0 Å². The molecule has 41 heavy (non-hydrogen) atoms. The van der Waals surface area contributed by atoms with Crippen molar-refractivity contribution in [3.8, 4) is 0 Å². The van der Waals surface area contributed by atoms with Crippen molar-refractivity contribution >= 4 is 29.8 Å². The molecule has 0 aromatic heterocycles. The monoisotopic (exact) mass is 568 g/mol. The van der Waals surface area contributed by atoms with Crippen LogP contribution in [0.5, 0.6) is 0 Å². The third kappa shape index (κ3) is 12.9. The number of rotatable bonds is 16. The number of amides is 3. The number of nitrogens with zero attached hydrogens (tertiary/aromatic N) is 1. The average molecular weight is 569 g/mol. The Bertz CT molecular complexity index is 1150. The second-order valence-electron chi connectivity index (χ2n) is 9.99. The molecule has 3 atom stereocenters. The van der Waals surface area contributed by atoms with Crippen molar-refractivity contribution in [3.63, 3.8) is 0 Å². The summed E-state index contributed by atoms with van der Waals surface area (Å²) in [5, 5.41) is 17.4. The first-order valence-electron chi connectivity index (χ1n) is 13.4. The molecule has 0 saturated carbocycles. The minimum atomic E-state index is -1.17. The van der Waals surface area contributed by atoms with E-state index in [9.17, 15) is 24.3 Å². The number of nitrogens with one attached hydrogen (secondary N) is 3. The third-order valence-corrected chi connectivity index (χ3v) is 6.00. The number of carbonyl (C=O) groups excluding carboxylic acids is 3. The number of guanidine groups is 1. The molecule has 2 aromatic rings. The molecule has 12 nitrogen and oxygen atoms in total. The van der Waals surface area contributed by atoms with E-state index in [2.05, 4.69) is 20.9 Å². The fraction of sp³-hybridized carbons (Fsp3) is 0.414. The van der Waals surface area contributed by atoms with E-state index in [0.29, 0.717) is 6.42 Å². The first kappa shape index (κ1) is 32.6. The number of carbonyl (C=O) groups is 4. The second kappa shape index (κ2) is 17.2. The van der Waals surface area contributed by atoms with E-state index >= 15 is 0 Å². The van der Waals surface area contributed by atoms with Gasteiger partial charge in [-0.05, 0) is 36.3 Å². The third-order valence-electron chi connectivity index (χ3n) is 6.00. The van der Waals surface area contributed by atoms with Crippen LogP contribution in [0, 0.1) is 5.92 Å². The lowest BCUT2D eigenvalue weighted by Gasteiger charge is -2.25. The van der Waals surface area contributed by atoms with Crippen LogP contribution in [0.25, 0.3) is 0 Å². The molecule has 0 fully saturated rings. The SMILES string of the molecule is CC(C)CC(NC(=O)C(Cc1ccccc1)NC(=O)C(CCCN=C(N)N)NC(=O)OCc1ccccc1)C(=O)O. The standard InChI is InChI=1S/C29H40N6O6/c1-19(2)16-24(27(38)39)34-26(37)23(17-20-10-5-3-6-11-20)33-25(36)22(14-9-15-32-28(30)31)35-29(40)41-18-21-12-7-4-8-13-21/h3-8,10-13,19,22-24H,9,14-18H2,1-2H3,(H,33,36)(H,34,37)(H,35,40)(H,38,39)(H4,30,31,32). The highest BCUT2D eigenvalue weighted by Crippen LogP contribution is 2.09. The van der Waals surface area contributed by atoms with Crippen LogP contribution >= 0.6 is 0 Å². The highest BCUT2D eigenvalue weighted by Gasteiger charge is 2.30. The molecule has 0 radical (unpaired) electrons. The van der Waals surface area contributed by atoms with Gasteiger partial charge in [-0.3, -0.25) is 14.6 Å². The van der Waals surface area contributed by atoms with Gasteiger partial charge in [0.2, 0.25) is 11.8 Å². The summed E-state index contributed by atoms with van der Waals surface area (Å²) in [5.74, 6) is -2.55. The predicted octanol–water partition coefficient (Wildman–Crippen LogP) is 1.68. The van der Waals surface area contributed by atoms with Gasteiger partial charge in [-0.1, -0.05) is 74.5 Å².